The number of nitrogens with one attached hydrogen (secondary N) is 1. The number of ether oxygens (including phenoxy) is 3. The average Bonchev–Trinajstić information content (AvgIpc) is 3.36. The van der Waals surface area contributed by atoms with E-state index in [-0.39, 0.29) is 18.6 Å². The molecule has 1 radical (unpaired) electrons. The Bertz CT molecular complexity index is 939. The van der Waals surface area contributed by atoms with Crippen LogP contribution in [0, 0.1) is 0 Å². The van der Waals surface area contributed by atoms with Gasteiger partial charge in [0.05, 0.1) is 18.3 Å². The fourth-order valence-electron chi connectivity index (χ4n) is 3.37. The lowest BCUT2D eigenvalue weighted by Gasteiger charge is -2.23. The number of benzene rings is 1. The molecular formula is C19H21F2N4O4. The summed E-state index contributed by atoms with van der Waals surface area (Å²) < 4.78 is 45.1. The van der Waals surface area contributed by atoms with Gasteiger partial charge in [-0.3, -0.25) is 5.10 Å². The second kappa shape index (κ2) is 8.44. The molecule has 3 heterocycles. The van der Waals surface area contributed by atoms with Crippen LogP contribution in [-0.2, 0) is 14.6 Å². The van der Waals surface area contributed by atoms with Gasteiger partial charge in [-0.15, -0.1) is 0 Å². The van der Waals surface area contributed by atoms with Crippen LogP contribution in [0.1, 0.15) is 25.5 Å². The van der Waals surface area contributed by atoms with Crippen molar-refractivity contribution < 1.29 is 28.1 Å². The molecule has 1 aliphatic rings. The molecule has 0 spiro atoms. The van der Waals surface area contributed by atoms with Gasteiger partial charge in [0.25, 0.3) is 0 Å². The molecule has 1 unspecified atom stereocenters. The van der Waals surface area contributed by atoms with E-state index in [4.69, 9.17) is 9.47 Å². The van der Waals surface area contributed by atoms with E-state index in [1.807, 2.05) is 0 Å². The first-order valence-electron chi connectivity index (χ1n) is 9.43. The highest BCUT2D eigenvalue weighted by molar-refractivity contribution is 5.94. The van der Waals surface area contributed by atoms with Crippen LogP contribution in [0.2, 0.25) is 0 Å². The lowest BCUT2D eigenvalue weighted by atomic mass is 10.1. The van der Waals surface area contributed by atoms with Crippen molar-refractivity contribution in [1.29, 1.82) is 0 Å². The van der Waals surface area contributed by atoms with Crippen LogP contribution in [0.4, 0.5) is 8.78 Å². The van der Waals surface area contributed by atoms with Crippen molar-refractivity contribution in [3.8, 4) is 17.0 Å². The van der Waals surface area contributed by atoms with Crippen LogP contribution in [0.25, 0.3) is 22.2 Å². The summed E-state index contributed by atoms with van der Waals surface area (Å²) in [5.41, 5.74) is 2.08. The van der Waals surface area contributed by atoms with E-state index < -0.39 is 19.3 Å². The minimum Gasteiger partial charge on any atom is -0.431 e. The van der Waals surface area contributed by atoms with E-state index in [0.717, 1.165) is 30.3 Å². The summed E-state index contributed by atoms with van der Waals surface area (Å²) in [4.78, 5) is 0. The summed E-state index contributed by atoms with van der Waals surface area (Å²) in [6.07, 6.45) is 2.41. The van der Waals surface area contributed by atoms with Gasteiger partial charge in [0.2, 0.25) is 0 Å². The quantitative estimate of drug-likeness (QED) is 0.577. The monoisotopic (exact) mass is 407 g/mol. The number of aromatic amines is 1. The summed E-state index contributed by atoms with van der Waals surface area (Å²) in [7, 11) is 0. The number of halogens is 2. The Balaban J connectivity index is 1.68. The molecule has 2 aromatic heterocycles. The number of H-pyrrole nitrogens is 1. The zero-order valence-corrected chi connectivity index (χ0v) is 15.6. The molecule has 1 fully saturated rings. The largest absolute Gasteiger partial charge is 0.431 e. The second-order valence-electron chi connectivity index (χ2n) is 6.78. The van der Waals surface area contributed by atoms with E-state index in [1.54, 1.807) is 23.1 Å². The third-order valence-corrected chi connectivity index (χ3v) is 4.64. The molecule has 0 saturated carbocycles. The molecule has 0 amide bonds. The number of rotatable bonds is 8. The lowest BCUT2D eigenvalue weighted by Crippen LogP contribution is -2.31. The van der Waals surface area contributed by atoms with E-state index in [0.29, 0.717) is 17.7 Å². The molecule has 1 saturated heterocycles. The molecule has 1 atom stereocenters. The van der Waals surface area contributed by atoms with Gasteiger partial charge in [0, 0.05) is 23.8 Å². The van der Waals surface area contributed by atoms with Crippen LogP contribution in [0.5, 0.6) is 5.75 Å². The molecule has 1 N–H and O–H groups in total. The minimum atomic E-state index is -3.55. The number of fused-ring (bicyclic) bond motifs is 1. The number of hydrogen-bond donors (Lipinski definition) is 1. The predicted molar refractivity (Wildman–Crippen MR) is 98.1 cm³/mol. The number of alkyl halides is 2. The third-order valence-electron chi connectivity index (χ3n) is 4.64. The first-order chi connectivity index (χ1) is 14.1. The van der Waals surface area contributed by atoms with Gasteiger partial charge in [-0.05, 0) is 37.5 Å². The topological polar surface area (TPSA) is 94.1 Å². The summed E-state index contributed by atoms with van der Waals surface area (Å²) in [5, 5.41) is 22.4. The fraction of sp³-hybridized carbons (Fsp3) is 0.474. The third kappa shape index (κ3) is 4.39. The summed E-state index contributed by atoms with van der Waals surface area (Å²) >= 11 is 0. The Morgan fingerprint density at radius 2 is 2.24 bits per heavy atom. The van der Waals surface area contributed by atoms with Gasteiger partial charge < -0.3 is 14.2 Å². The Morgan fingerprint density at radius 3 is 2.97 bits per heavy atom. The second-order valence-corrected chi connectivity index (χ2v) is 6.78. The zero-order chi connectivity index (χ0) is 20.3. The van der Waals surface area contributed by atoms with Crippen LogP contribution >= 0.6 is 0 Å². The predicted octanol–water partition coefficient (Wildman–Crippen LogP) is 3.54. The maximum absolute atomic E-state index is 14.0. The van der Waals surface area contributed by atoms with Crippen molar-refractivity contribution in [2.75, 3.05) is 26.4 Å². The van der Waals surface area contributed by atoms with Gasteiger partial charge >= 0.3 is 6.11 Å². The molecule has 155 valence electrons. The Labute approximate surface area is 165 Å². The highest BCUT2D eigenvalue weighted by atomic mass is 19.3. The number of nitrogens with zero attached hydrogens (tertiary/aromatic N) is 3. The minimum absolute atomic E-state index is 0.0259. The fourth-order valence-corrected chi connectivity index (χ4v) is 3.37. The van der Waals surface area contributed by atoms with Gasteiger partial charge in [-0.25, -0.2) is 9.79 Å². The van der Waals surface area contributed by atoms with E-state index >= 15 is 0 Å². The summed E-state index contributed by atoms with van der Waals surface area (Å²) in [6, 6.07) is 4.67. The molecule has 10 heteroatoms. The summed E-state index contributed by atoms with van der Waals surface area (Å²) in [5.74, 6) is -0.0259. The van der Waals surface area contributed by atoms with Crippen molar-refractivity contribution >= 4 is 10.9 Å². The van der Waals surface area contributed by atoms with Crippen molar-refractivity contribution in [2.24, 2.45) is 0 Å². The normalized spacial score (nSPS) is 17.7. The van der Waals surface area contributed by atoms with Gasteiger partial charge in [-0.2, -0.15) is 19.0 Å². The molecule has 29 heavy (non-hydrogen) atoms. The molecule has 8 nitrogen and oxygen atoms in total. The first-order valence-corrected chi connectivity index (χ1v) is 9.43. The molecular weight excluding hydrogens is 386 g/mol. The number of aromatic nitrogens is 4. The molecule has 4 rings (SSSR count). The molecule has 0 bridgehead atoms. The van der Waals surface area contributed by atoms with Crippen molar-refractivity contribution in [3.05, 3.63) is 30.6 Å². The van der Waals surface area contributed by atoms with Crippen LogP contribution in [0.3, 0.4) is 0 Å². The van der Waals surface area contributed by atoms with Crippen molar-refractivity contribution in [3.63, 3.8) is 0 Å². The molecule has 1 aliphatic heterocycles. The SMILES string of the molecule is [O]CCOCC(F)(F)Oc1ccc2c(c1)c(-c1cn[nH]c1)nn2C1CCCCO1. The Hall–Kier alpha value is -2.56. The van der Waals surface area contributed by atoms with Gasteiger partial charge in [0.1, 0.15) is 18.1 Å². The van der Waals surface area contributed by atoms with E-state index in [9.17, 15) is 13.9 Å². The van der Waals surface area contributed by atoms with Gasteiger partial charge in [0.15, 0.2) is 12.8 Å². The van der Waals surface area contributed by atoms with Crippen molar-refractivity contribution in [1.82, 2.24) is 20.0 Å². The first kappa shape index (κ1) is 19.7. The zero-order valence-electron chi connectivity index (χ0n) is 15.6. The lowest BCUT2D eigenvalue weighted by molar-refractivity contribution is -0.213. The van der Waals surface area contributed by atoms with Crippen LogP contribution in [-0.4, -0.2) is 52.5 Å². The standard InChI is InChI=1S/C19H21F2N4O4/c20-19(21,12-27-8-6-26)29-14-4-5-16-15(9-14)18(13-10-22-23-11-13)24-25(16)17-3-1-2-7-28-17/h4-5,9-11,17H,1-3,6-8,12H2,(H,22,23). The molecule has 1 aromatic carbocycles. The maximum Gasteiger partial charge on any atom is 0.421 e. The molecule has 0 aliphatic carbocycles. The van der Waals surface area contributed by atoms with Crippen LogP contribution < -0.4 is 4.74 Å². The van der Waals surface area contributed by atoms with Crippen LogP contribution in [0.15, 0.2) is 30.6 Å². The Morgan fingerprint density at radius 1 is 1.34 bits per heavy atom. The summed E-state index contributed by atoms with van der Waals surface area (Å²) in [6.45, 7) is -1.21. The van der Waals surface area contributed by atoms with E-state index in [2.05, 4.69) is 20.0 Å². The maximum atomic E-state index is 14.0. The number of hydrogen-bond acceptors (Lipinski definition) is 5. The smallest absolute Gasteiger partial charge is 0.421 e. The highest BCUT2D eigenvalue weighted by Crippen LogP contribution is 2.35. The van der Waals surface area contributed by atoms with Crippen molar-refractivity contribution in [2.45, 2.75) is 31.6 Å². The highest BCUT2D eigenvalue weighted by Gasteiger charge is 2.32. The average molecular weight is 407 g/mol. The molecule has 3 aromatic rings. The van der Waals surface area contributed by atoms with E-state index in [1.165, 1.54) is 12.1 Å². The van der Waals surface area contributed by atoms with Gasteiger partial charge in [-0.1, -0.05) is 0 Å². The Kier molecular flexibility index (Phi) is 5.74.